The molecule has 4 heteroatoms. The van der Waals surface area contributed by atoms with Gasteiger partial charge in [-0.05, 0) is 56.6 Å². The Balaban J connectivity index is 2.02. The summed E-state index contributed by atoms with van der Waals surface area (Å²) in [6.45, 7) is 3.50. The van der Waals surface area contributed by atoms with E-state index in [2.05, 4.69) is 0 Å². The Morgan fingerprint density at radius 1 is 1.50 bits per heavy atom. The van der Waals surface area contributed by atoms with Crippen molar-refractivity contribution >= 4 is 17.7 Å². The van der Waals surface area contributed by atoms with Gasteiger partial charge in [-0.25, -0.2) is 0 Å². The van der Waals surface area contributed by atoms with E-state index in [0.29, 0.717) is 6.42 Å². The van der Waals surface area contributed by atoms with E-state index >= 15 is 0 Å². The highest BCUT2D eigenvalue weighted by Gasteiger charge is 2.27. The number of carbonyl (C=O) groups is 1. The topological polar surface area (TPSA) is 46.5 Å². The molecule has 0 aromatic heterocycles. The highest BCUT2D eigenvalue weighted by Crippen LogP contribution is 2.26. The van der Waals surface area contributed by atoms with Gasteiger partial charge >= 0.3 is 5.97 Å². The molecule has 1 N–H and O–H groups in total. The van der Waals surface area contributed by atoms with Gasteiger partial charge in [0.1, 0.15) is 11.9 Å². The smallest absolute Gasteiger partial charge is 0.309 e. The highest BCUT2D eigenvalue weighted by molar-refractivity contribution is 7.99. The average Bonchev–Trinajstić information content (AvgIpc) is 2.39. The first kappa shape index (κ1) is 15.2. The Bertz CT molecular complexity index is 465. The summed E-state index contributed by atoms with van der Waals surface area (Å²) < 4.78 is 6.00. The van der Waals surface area contributed by atoms with Gasteiger partial charge in [0.2, 0.25) is 0 Å². The van der Waals surface area contributed by atoms with Crippen LogP contribution < -0.4 is 4.74 Å². The van der Waals surface area contributed by atoms with Crippen molar-refractivity contribution in [3.8, 4) is 5.75 Å². The lowest BCUT2D eigenvalue weighted by molar-refractivity contribution is -0.146. The number of thioether (sulfide) groups is 1. The molecule has 20 heavy (non-hydrogen) atoms. The van der Waals surface area contributed by atoms with Crippen LogP contribution in [0.1, 0.15) is 32.3 Å². The van der Waals surface area contributed by atoms with E-state index in [9.17, 15) is 9.90 Å². The molecule has 0 bridgehead atoms. The third-order valence-corrected chi connectivity index (χ3v) is 4.73. The normalized spacial score (nSPS) is 19.6. The summed E-state index contributed by atoms with van der Waals surface area (Å²) in [7, 11) is 0. The highest BCUT2D eigenvalue weighted by atomic mass is 32.2. The number of rotatable bonds is 5. The molecule has 1 saturated heterocycles. The van der Waals surface area contributed by atoms with Gasteiger partial charge in [-0.15, -0.1) is 0 Å². The molecule has 0 amide bonds. The number of aliphatic carboxylic acids is 1. The fourth-order valence-corrected chi connectivity index (χ4v) is 3.35. The maximum Gasteiger partial charge on any atom is 0.309 e. The van der Waals surface area contributed by atoms with Gasteiger partial charge in [0, 0.05) is 5.75 Å². The first-order chi connectivity index (χ1) is 9.47. The van der Waals surface area contributed by atoms with Gasteiger partial charge < -0.3 is 9.84 Å². The molecule has 1 aromatic rings. The van der Waals surface area contributed by atoms with E-state index in [-0.39, 0.29) is 6.10 Å². The second kappa shape index (κ2) is 6.53. The predicted molar refractivity (Wildman–Crippen MR) is 82.5 cm³/mol. The number of ether oxygens (including phenoxy) is 1. The molecule has 1 atom stereocenters. The van der Waals surface area contributed by atoms with Crippen LogP contribution in [-0.4, -0.2) is 28.7 Å². The van der Waals surface area contributed by atoms with Crippen LogP contribution in [0.15, 0.2) is 24.3 Å². The molecule has 1 aliphatic heterocycles. The molecule has 0 saturated carbocycles. The summed E-state index contributed by atoms with van der Waals surface area (Å²) in [6.07, 6.45) is 3.12. The van der Waals surface area contributed by atoms with Crippen molar-refractivity contribution in [2.45, 2.75) is 39.2 Å². The molecule has 1 aromatic carbocycles. The van der Waals surface area contributed by atoms with E-state index in [0.717, 1.165) is 23.5 Å². The maximum atomic E-state index is 11.2. The van der Waals surface area contributed by atoms with Gasteiger partial charge in [-0.3, -0.25) is 4.79 Å². The molecule has 110 valence electrons. The Morgan fingerprint density at radius 3 is 2.95 bits per heavy atom. The van der Waals surface area contributed by atoms with Gasteiger partial charge in [0.25, 0.3) is 0 Å². The quantitative estimate of drug-likeness (QED) is 0.901. The van der Waals surface area contributed by atoms with Crippen molar-refractivity contribution in [3.05, 3.63) is 29.8 Å². The number of benzene rings is 1. The lowest BCUT2D eigenvalue weighted by atomic mass is 9.86. The monoisotopic (exact) mass is 294 g/mol. The molecule has 1 heterocycles. The molecule has 1 fully saturated rings. The predicted octanol–water partition coefficient (Wildman–Crippen LogP) is 3.61. The summed E-state index contributed by atoms with van der Waals surface area (Å²) in [5, 5.41) is 9.20. The van der Waals surface area contributed by atoms with Crippen molar-refractivity contribution in [3.63, 3.8) is 0 Å². The summed E-state index contributed by atoms with van der Waals surface area (Å²) >= 11 is 1.94. The Hall–Kier alpha value is -1.16. The molecule has 3 nitrogen and oxygen atoms in total. The summed E-state index contributed by atoms with van der Waals surface area (Å²) in [4.78, 5) is 11.2. The fourth-order valence-electron chi connectivity index (χ4n) is 2.31. The lowest BCUT2D eigenvalue weighted by Gasteiger charge is -2.23. The van der Waals surface area contributed by atoms with Crippen LogP contribution in [0.5, 0.6) is 5.75 Å². The Morgan fingerprint density at radius 2 is 2.30 bits per heavy atom. The van der Waals surface area contributed by atoms with E-state index in [1.807, 2.05) is 36.0 Å². The van der Waals surface area contributed by atoms with Gasteiger partial charge in [0.05, 0.1) is 5.41 Å². The van der Waals surface area contributed by atoms with E-state index in [1.165, 1.54) is 12.2 Å². The van der Waals surface area contributed by atoms with Crippen LogP contribution in [0, 0.1) is 5.41 Å². The molecule has 2 rings (SSSR count). The molecule has 1 unspecified atom stereocenters. The van der Waals surface area contributed by atoms with Crippen molar-refractivity contribution < 1.29 is 14.6 Å². The second-order valence-corrected chi connectivity index (χ2v) is 7.12. The number of hydrogen-bond acceptors (Lipinski definition) is 3. The van der Waals surface area contributed by atoms with Gasteiger partial charge in [0.15, 0.2) is 0 Å². The molecule has 1 aliphatic rings. The van der Waals surface area contributed by atoms with Crippen LogP contribution in [0.2, 0.25) is 0 Å². The summed E-state index contributed by atoms with van der Waals surface area (Å²) in [5.41, 5.74) is 0.262. The minimum Gasteiger partial charge on any atom is -0.490 e. The average molecular weight is 294 g/mol. The summed E-state index contributed by atoms with van der Waals surface area (Å²) in [5.74, 6) is 2.36. The minimum atomic E-state index is -0.771. The van der Waals surface area contributed by atoms with Crippen molar-refractivity contribution in [2.24, 2.45) is 5.41 Å². The summed E-state index contributed by atoms with van der Waals surface area (Å²) in [6, 6.07) is 7.84. The molecule has 0 radical (unpaired) electrons. The van der Waals surface area contributed by atoms with Crippen LogP contribution >= 0.6 is 11.8 Å². The first-order valence-corrected chi connectivity index (χ1v) is 8.19. The third-order valence-electron chi connectivity index (χ3n) is 3.54. The Labute approximate surface area is 124 Å². The molecule has 0 spiro atoms. The van der Waals surface area contributed by atoms with Crippen LogP contribution in [0.4, 0.5) is 0 Å². The molecule has 0 aliphatic carbocycles. The molecular formula is C16H22O3S. The zero-order chi connectivity index (χ0) is 14.6. The van der Waals surface area contributed by atoms with E-state index < -0.39 is 11.4 Å². The zero-order valence-electron chi connectivity index (χ0n) is 12.1. The minimum absolute atomic E-state index is 0.288. The van der Waals surface area contributed by atoms with Crippen molar-refractivity contribution in [1.82, 2.24) is 0 Å². The lowest BCUT2D eigenvalue weighted by Crippen LogP contribution is -2.26. The third kappa shape index (κ3) is 4.17. The zero-order valence-corrected chi connectivity index (χ0v) is 12.9. The van der Waals surface area contributed by atoms with Crippen LogP contribution in [0.3, 0.4) is 0 Å². The number of carboxylic acid groups (broad SMARTS) is 1. The van der Waals surface area contributed by atoms with E-state index in [4.69, 9.17) is 4.74 Å². The van der Waals surface area contributed by atoms with Crippen molar-refractivity contribution in [1.29, 1.82) is 0 Å². The fraction of sp³-hybridized carbons (Fsp3) is 0.562. The number of carboxylic acids is 1. The van der Waals surface area contributed by atoms with E-state index in [1.54, 1.807) is 13.8 Å². The first-order valence-electron chi connectivity index (χ1n) is 7.04. The SMILES string of the molecule is CC(C)(Cc1cccc(OC2CCCSC2)c1)C(=O)O. The van der Waals surface area contributed by atoms with Crippen LogP contribution in [-0.2, 0) is 11.2 Å². The van der Waals surface area contributed by atoms with Crippen LogP contribution in [0.25, 0.3) is 0 Å². The van der Waals surface area contributed by atoms with Crippen molar-refractivity contribution in [2.75, 3.05) is 11.5 Å². The largest absolute Gasteiger partial charge is 0.490 e. The maximum absolute atomic E-state index is 11.2. The van der Waals surface area contributed by atoms with Gasteiger partial charge in [-0.2, -0.15) is 11.8 Å². The second-order valence-electron chi connectivity index (χ2n) is 5.97. The van der Waals surface area contributed by atoms with Gasteiger partial charge in [-0.1, -0.05) is 12.1 Å². The molecular weight excluding hydrogens is 272 g/mol. The standard InChI is InChI=1S/C16H22O3S/c1-16(2,15(17)18)10-12-5-3-6-13(9-12)19-14-7-4-8-20-11-14/h3,5-6,9,14H,4,7-8,10-11H2,1-2H3,(H,17,18). The Kier molecular flexibility index (Phi) is 4.97. The number of hydrogen-bond donors (Lipinski definition) is 1.